The maximum Gasteiger partial charge on any atom is 0.259 e. The van der Waals surface area contributed by atoms with Crippen LogP contribution in [0.15, 0.2) is 24.3 Å². The van der Waals surface area contributed by atoms with E-state index >= 15 is 0 Å². The maximum atomic E-state index is 12.5. The van der Waals surface area contributed by atoms with Crippen molar-refractivity contribution in [3.05, 3.63) is 29.8 Å². The molecule has 3 heteroatoms. The lowest BCUT2D eigenvalue weighted by molar-refractivity contribution is -0.177. The van der Waals surface area contributed by atoms with E-state index in [4.69, 9.17) is 0 Å². The number of rotatable bonds is 0. The normalized spacial score (nSPS) is 40.9. The number of likely N-dealkylation sites (N-methyl/N-ethyl adjacent to an activating group) is 1. The van der Waals surface area contributed by atoms with E-state index in [9.17, 15) is 9.90 Å². The third-order valence-corrected chi connectivity index (χ3v) is 5.32. The molecule has 3 aliphatic rings. The van der Waals surface area contributed by atoms with Crippen molar-refractivity contribution in [2.45, 2.75) is 30.8 Å². The molecule has 2 aliphatic carbocycles. The van der Waals surface area contributed by atoms with Crippen LogP contribution in [0.3, 0.4) is 0 Å². The Morgan fingerprint density at radius 1 is 1.33 bits per heavy atom. The highest BCUT2D eigenvalue weighted by molar-refractivity contribution is 6.04. The number of hydrogen-bond donors (Lipinski definition) is 1. The Hall–Kier alpha value is -1.35. The number of nitrogens with zero attached hydrogens (tertiary/aromatic N) is 1. The molecule has 1 N–H and O–H groups in total. The van der Waals surface area contributed by atoms with E-state index in [-0.39, 0.29) is 17.7 Å². The number of aliphatic hydroxyl groups is 1. The molecule has 2 saturated carbocycles. The number of carbonyl (C=O) groups is 1. The molecule has 0 unspecified atom stereocenters. The van der Waals surface area contributed by atoms with Gasteiger partial charge in [0.2, 0.25) is 0 Å². The van der Waals surface area contributed by atoms with E-state index < -0.39 is 5.60 Å². The van der Waals surface area contributed by atoms with Crippen LogP contribution in [0.1, 0.15) is 30.7 Å². The second-order valence-corrected chi connectivity index (χ2v) is 5.93. The van der Waals surface area contributed by atoms with Gasteiger partial charge in [-0.25, -0.2) is 0 Å². The molecule has 1 aliphatic heterocycles. The zero-order valence-corrected chi connectivity index (χ0v) is 10.5. The van der Waals surface area contributed by atoms with Gasteiger partial charge < -0.3 is 10.0 Å². The summed E-state index contributed by atoms with van der Waals surface area (Å²) in [4.78, 5) is 14.1. The molecular formula is C15H17NO2. The van der Waals surface area contributed by atoms with Gasteiger partial charge in [-0.3, -0.25) is 4.79 Å². The van der Waals surface area contributed by atoms with Crippen LogP contribution in [0.5, 0.6) is 0 Å². The van der Waals surface area contributed by atoms with Crippen molar-refractivity contribution in [1.29, 1.82) is 0 Å². The number of benzene rings is 1. The van der Waals surface area contributed by atoms with Crippen molar-refractivity contribution in [2.24, 2.45) is 11.8 Å². The molecule has 1 aromatic rings. The summed E-state index contributed by atoms with van der Waals surface area (Å²) in [7, 11) is 1.78. The lowest BCUT2D eigenvalue weighted by Crippen LogP contribution is -2.69. The van der Waals surface area contributed by atoms with Gasteiger partial charge in [-0.2, -0.15) is 0 Å². The SMILES string of the molecule is CN1C(=O)[C@]2(O)[C@@H]3CCC[C@@H]3[C@@H]2c2ccccc21. The fourth-order valence-electron chi connectivity index (χ4n) is 4.57. The van der Waals surface area contributed by atoms with Gasteiger partial charge in [-0.05, 0) is 30.4 Å². The zero-order chi connectivity index (χ0) is 12.5. The summed E-state index contributed by atoms with van der Waals surface area (Å²) in [6, 6.07) is 8.01. The number of anilines is 1. The third kappa shape index (κ3) is 0.948. The molecule has 0 saturated heterocycles. The fraction of sp³-hybridized carbons (Fsp3) is 0.533. The summed E-state index contributed by atoms with van der Waals surface area (Å²) in [5.74, 6) is 0.624. The predicted octanol–water partition coefficient (Wildman–Crippen LogP) is 1.91. The highest BCUT2D eigenvalue weighted by atomic mass is 16.3. The quantitative estimate of drug-likeness (QED) is 0.756. The first-order valence-electron chi connectivity index (χ1n) is 6.75. The summed E-state index contributed by atoms with van der Waals surface area (Å²) in [6.07, 6.45) is 3.30. The second-order valence-electron chi connectivity index (χ2n) is 5.93. The Morgan fingerprint density at radius 2 is 2.11 bits per heavy atom. The fourth-order valence-corrected chi connectivity index (χ4v) is 4.57. The Morgan fingerprint density at radius 3 is 2.94 bits per heavy atom. The molecule has 18 heavy (non-hydrogen) atoms. The van der Waals surface area contributed by atoms with Crippen LogP contribution in [0.4, 0.5) is 5.69 Å². The van der Waals surface area contributed by atoms with Crippen molar-refractivity contribution in [3.8, 4) is 0 Å². The van der Waals surface area contributed by atoms with Crippen LogP contribution in [0.2, 0.25) is 0 Å². The molecule has 1 aromatic carbocycles. The number of fused-ring (bicyclic) bond motifs is 6. The highest BCUT2D eigenvalue weighted by Gasteiger charge is 2.69. The molecule has 94 valence electrons. The first-order valence-corrected chi connectivity index (χ1v) is 6.75. The number of amides is 1. The Labute approximate surface area is 106 Å². The molecule has 4 rings (SSSR count). The summed E-state index contributed by atoms with van der Waals surface area (Å²) in [6.45, 7) is 0. The molecule has 1 heterocycles. The maximum absolute atomic E-state index is 12.5. The summed E-state index contributed by atoms with van der Waals surface area (Å²) in [5.41, 5.74) is 1.01. The number of carbonyl (C=O) groups excluding carboxylic acids is 1. The largest absolute Gasteiger partial charge is 0.379 e. The summed E-state index contributed by atoms with van der Waals surface area (Å²) >= 11 is 0. The molecule has 1 amide bonds. The van der Waals surface area contributed by atoms with Crippen LogP contribution < -0.4 is 4.90 Å². The molecule has 0 spiro atoms. The van der Waals surface area contributed by atoms with Gasteiger partial charge in [0.15, 0.2) is 5.60 Å². The first-order chi connectivity index (χ1) is 8.65. The van der Waals surface area contributed by atoms with E-state index in [1.54, 1.807) is 11.9 Å². The molecule has 0 bridgehead atoms. The average molecular weight is 243 g/mol. The van der Waals surface area contributed by atoms with Gasteiger partial charge in [0.25, 0.3) is 5.91 Å². The monoisotopic (exact) mass is 243 g/mol. The zero-order valence-electron chi connectivity index (χ0n) is 10.5. The third-order valence-electron chi connectivity index (χ3n) is 5.32. The molecule has 0 radical (unpaired) electrons. The molecule has 0 aromatic heterocycles. The Balaban J connectivity index is 1.92. The average Bonchev–Trinajstić information content (AvgIpc) is 2.81. The van der Waals surface area contributed by atoms with E-state index in [2.05, 4.69) is 6.07 Å². The lowest BCUT2D eigenvalue weighted by Gasteiger charge is -2.59. The first kappa shape index (κ1) is 10.6. The van der Waals surface area contributed by atoms with Gasteiger partial charge in [0, 0.05) is 24.6 Å². The second kappa shape index (κ2) is 3.15. The van der Waals surface area contributed by atoms with Crippen LogP contribution in [-0.2, 0) is 4.79 Å². The van der Waals surface area contributed by atoms with E-state index in [0.717, 1.165) is 30.5 Å². The van der Waals surface area contributed by atoms with Crippen molar-refractivity contribution < 1.29 is 9.90 Å². The molecule has 4 atom stereocenters. The number of hydrogen-bond acceptors (Lipinski definition) is 2. The minimum absolute atomic E-state index is 0.0323. The van der Waals surface area contributed by atoms with E-state index in [0.29, 0.717) is 5.92 Å². The van der Waals surface area contributed by atoms with Crippen molar-refractivity contribution in [3.63, 3.8) is 0 Å². The Bertz CT molecular complexity index is 541. The van der Waals surface area contributed by atoms with Crippen molar-refractivity contribution in [2.75, 3.05) is 11.9 Å². The van der Waals surface area contributed by atoms with Crippen LogP contribution in [0.25, 0.3) is 0 Å². The van der Waals surface area contributed by atoms with Gasteiger partial charge in [0.05, 0.1) is 0 Å². The number of para-hydroxylation sites is 1. The van der Waals surface area contributed by atoms with Gasteiger partial charge in [-0.15, -0.1) is 0 Å². The van der Waals surface area contributed by atoms with Gasteiger partial charge in [0.1, 0.15) is 0 Å². The van der Waals surface area contributed by atoms with Gasteiger partial charge >= 0.3 is 0 Å². The van der Waals surface area contributed by atoms with Crippen molar-refractivity contribution >= 4 is 11.6 Å². The van der Waals surface area contributed by atoms with E-state index in [1.807, 2.05) is 18.2 Å². The minimum atomic E-state index is -1.12. The smallest absolute Gasteiger partial charge is 0.259 e. The van der Waals surface area contributed by atoms with Crippen LogP contribution in [0, 0.1) is 11.8 Å². The summed E-state index contributed by atoms with van der Waals surface area (Å²) in [5, 5.41) is 10.9. The van der Waals surface area contributed by atoms with Crippen LogP contribution in [-0.4, -0.2) is 23.7 Å². The Kier molecular flexibility index (Phi) is 1.85. The highest BCUT2D eigenvalue weighted by Crippen LogP contribution is 2.65. The van der Waals surface area contributed by atoms with E-state index in [1.165, 1.54) is 0 Å². The standard InChI is InChI=1S/C15H17NO2/c1-16-12-8-3-2-5-10(12)13-9-6-4-7-11(9)15(13,18)14(16)17/h2-3,5,8-9,11,13,18H,4,6-7H2,1H3/t9-,11+,13+,15-/m0/s1. The van der Waals surface area contributed by atoms with Crippen molar-refractivity contribution in [1.82, 2.24) is 0 Å². The minimum Gasteiger partial charge on any atom is -0.379 e. The predicted molar refractivity (Wildman–Crippen MR) is 68.4 cm³/mol. The summed E-state index contributed by atoms with van der Waals surface area (Å²) < 4.78 is 0. The molecule has 2 fully saturated rings. The lowest BCUT2D eigenvalue weighted by atomic mass is 9.50. The van der Waals surface area contributed by atoms with Gasteiger partial charge in [-0.1, -0.05) is 24.6 Å². The molecule has 3 nitrogen and oxygen atoms in total. The van der Waals surface area contributed by atoms with Crippen LogP contribution >= 0.6 is 0 Å². The topological polar surface area (TPSA) is 40.5 Å². The molecular weight excluding hydrogens is 226 g/mol.